The SMILES string of the molecule is CC1C(=O)N2CCCCC2C(=O)N1C1CCOC1. The second-order valence-electron chi connectivity index (χ2n) is 5.48. The van der Waals surface area contributed by atoms with Gasteiger partial charge < -0.3 is 14.5 Å². The normalized spacial score (nSPS) is 37.1. The molecule has 3 heterocycles. The number of piperazine rings is 1. The second-order valence-corrected chi connectivity index (χ2v) is 5.48. The summed E-state index contributed by atoms with van der Waals surface area (Å²) in [7, 11) is 0. The van der Waals surface area contributed by atoms with Gasteiger partial charge in [0.2, 0.25) is 11.8 Å². The second kappa shape index (κ2) is 4.53. The fraction of sp³-hybridized carbons (Fsp3) is 0.846. The van der Waals surface area contributed by atoms with Crippen molar-refractivity contribution in [2.75, 3.05) is 19.8 Å². The number of amides is 2. The van der Waals surface area contributed by atoms with Gasteiger partial charge in [-0.15, -0.1) is 0 Å². The number of piperidine rings is 1. The van der Waals surface area contributed by atoms with Crippen LogP contribution >= 0.6 is 0 Å². The van der Waals surface area contributed by atoms with Crippen LogP contribution in [0.4, 0.5) is 0 Å². The molecule has 3 aliphatic rings. The van der Waals surface area contributed by atoms with Gasteiger partial charge in [-0.05, 0) is 32.6 Å². The Labute approximate surface area is 107 Å². The highest BCUT2D eigenvalue weighted by molar-refractivity contribution is 5.97. The van der Waals surface area contributed by atoms with Crippen molar-refractivity contribution in [1.29, 1.82) is 0 Å². The van der Waals surface area contributed by atoms with E-state index in [0.29, 0.717) is 13.2 Å². The summed E-state index contributed by atoms with van der Waals surface area (Å²) < 4.78 is 5.36. The fourth-order valence-electron chi connectivity index (χ4n) is 3.41. The molecule has 3 aliphatic heterocycles. The number of rotatable bonds is 1. The van der Waals surface area contributed by atoms with E-state index in [2.05, 4.69) is 0 Å². The van der Waals surface area contributed by atoms with Crippen LogP contribution in [0.25, 0.3) is 0 Å². The third kappa shape index (κ3) is 1.72. The average Bonchev–Trinajstić information content (AvgIpc) is 2.90. The fourth-order valence-corrected chi connectivity index (χ4v) is 3.41. The molecule has 3 unspecified atom stereocenters. The molecule has 0 N–H and O–H groups in total. The molecule has 0 spiro atoms. The van der Waals surface area contributed by atoms with E-state index in [9.17, 15) is 9.59 Å². The summed E-state index contributed by atoms with van der Waals surface area (Å²) in [4.78, 5) is 28.5. The van der Waals surface area contributed by atoms with Crippen LogP contribution in [0.3, 0.4) is 0 Å². The summed E-state index contributed by atoms with van der Waals surface area (Å²) in [6.07, 6.45) is 3.75. The Bertz CT molecular complexity index is 365. The number of fused-ring (bicyclic) bond motifs is 1. The highest BCUT2D eigenvalue weighted by Crippen LogP contribution is 2.29. The van der Waals surface area contributed by atoms with Crippen LogP contribution in [-0.4, -0.2) is 59.5 Å². The largest absolute Gasteiger partial charge is 0.379 e. The summed E-state index contributed by atoms with van der Waals surface area (Å²) in [6, 6.07) is -0.429. The molecule has 100 valence electrons. The maximum absolute atomic E-state index is 12.6. The molecule has 3 saturated heterocycles. The van der Waals surface area contributed by atoms with E-state index in [1.807, 2.05) is 6.92 Å². The number of ether oxygens (including phenoxy) is 1. The third-order valence-corrected chi connectivity index (χ3v) is 4.40. The molecule has 3 atom stereocenters. The summed E-state index contributed by atoms with van der Waals surface area (Å²) >= 11 is 0. The lowest BCUT2D eigenvalue weighted by Gasteiger charge is -2.47. The number of hydrogen-bond acceptors (Lipinski definition) is 3. The van der Waals surface area contributed by atoms with Crippen LogP contribution in [0.1, 0.15) is 32.6 Å². The number of nitrogens with zero attached hydrogens (tertiary/aromatic N) is 2. The quantitative estimate of drug-likeness (QED) is 0.678. The van der Waals surface area contributed by atoms with Crippen LogP contribution in [-0.2, 0) is 14.3 Å². The highest BCUT2D eigenvalue weighted by atomic mass is 16.5. The molecule has 18 heavy (non-hydrogen) atoms. The van der Waals surface area contributed by atoms with Gasteiger partial charge in [-0.1, -0.05) is 0 Å². The smallest absolute Gasteiger partial charge is 0.246 e. The Morgan fingerprint density at radius 3 is 2.72 bits per heavy atom. The third-order valence-electron chi connectivity index (χ3n) is 4.40. The van der Waals surface area contributed by atoms with Crippen molar-refractivity contribution in [2.24, 2.45) is 0 Å². The Balaban J connectivity index is 1.85. The molecular weight excluding hydrogens is 232 g/mol. The Morgan fingerprint density at radius 2 is 2.00 bits per heavy atom. The van der Waals surface area contributed by atoms with Crippen molar-refractivity contribution in [2.45, 2.75) is 50.7 Å². The molecule has 3 rings (SSSR count). The van der Waals surface area contributed by atoms with Gasteiger partial charge in [0, 0.05) is 13.2 Å². The Morgan fingerprint density at radius 1 is 1.17 bits per heavy atom. The van der Waals surface area contributed by atoms with E-state index in [1.165, 1.54) is 0 Å². The van der Waals surface area contributed by atoms with Gasteiger partial charge in [-0.3, -0.25) is 9.59 Å². The molecule has 0 aliphatic carbocycles. The maximum Gasteiger partial charge on any atom is 0.246 e. The van der Waals surface area contributed by atoms with Crippen LogP contribution in [0, 0.1) is 0 Å². The standard InChI is InChI=1S/C13H20N2O3/c1-9-12(16)14-6-3-2-4-11(14)13(17)15(9)10-5-7-18-8-10/h9-11H,2-8H2,1H3. The van der Waals surface area contributed by atoms with Gasteiger partial charge in [-0.2, -0.15) is 0 Å². The lowest BCUT2D eigenvalue weighted by molar-refractivity contribution is -0.165. The monoisotopic (exact) mass is 252 g/mol. The molecule has 0 aromatic heterocycles. The number of carbonyl (C=O) groups is 2. The van der Waals surface area contributed by atoms with Crippen molar-refractivity contribution in [3.05, 3.63) is 0 Å². The molecule has 5 heteroatoms. The van der Waals surface area contributed by atoms with Crippen LogP contribution in [0.2, 0.25) is 0 Å². The van der Waals surface area contributed by atoms with Gasteiger partial charge >= 0.3 is 0 Å². The number of carbonyl (C=O) groups excluding carboxylic acids is 2. The minimum Gasteiger partial charge on any atom is -0.379 e. The summed E-state index contributed by atoms with van der Waals surface area (Å²) in [5.74, 6) is 0.253. The Kier molecular flexibility index (Phi) is 3.01. The predicted octanol–water partition coefficient (Wildman–Crippen LogP) is 0.387. The van der Waals surface area contributed by atoms with E-state index >= 15 is 0 Å². The lowest BCUT2D eigenvalue weighted by Crippen LogP contribution is -2.67. The van der Waals surface area contributed by atoms with Crippen molar-refractivity contribution in [1.82, 2.24) is 9.80 Å². The summed E-state index contributed by atoms with van der Waals surface area (Å²) in [5, 5.41) is 0. The van der Waals surface area contributed by atoms with E-state index in [1.54, 1.807) is 9.80 Å². The molecular formula is C13H20N2O3. The molecule has 0 aromatic carbocycles. The van der Waals surface area contributed by atoms with E-state index in [-0.39, 0.29) is 29.9 Å². The van der Waals surface area contributed by atoms with Gasteiger partial charge in [0.25, 0.3) is 0 Å². The van der Waals surface area contributed by atoms with E-state index in [4.69, 9.17) is 4.74 Å². The van der Waals surface area contributed by atoms with Crippen LogP contribution in [0.5, 0.6) is 0 Å². The molecule has 0 saturated carbocycles. The van der Waals surface area contributed by atoms with Gasteiger partial charge in [0.05, 0.1) is 12.6 Å². The summed E-state index contributed by atoms with van der Waals surface area (Å²) in [5.41, 5.74) is 0. The minimum absolute atomic E-state index is 0.0977. The molecule has 5 nitrogen and oxygen atoms in total. The zero-order valence-electron chi connectivity index (χ0n) is 10.8. The predicted molar refractivity (Wildman–Crippen MR) is 64.9 cm³/mol. The Hall–Kier alpha value is -1.10. The first-order valence-corrected chi connectivity index (χ1v) is 6.90. The van der Waals surface area contributed by atoms with Crippen molar-refractivity contribution < 1.29 is 14.3 Å². The van der Waals surface area contributed by atoms with Crippen LogP contribution in [0.15, 0.2) is 0 Å². The van der Waals surface area contributed by atoms with Gasteiger partial charge in [0.15, 0.2) is 0 Å². The molecule has 2 amide bonds. The van der Waals surface area contributed by atoms with Gasteiger partial charge in [-0.25, -0.2) is 0 Å². The summed E-state index contributed by atoms with van der Waals surface area (Å²) in [6.45, 7) is 3.87. The zero-order valence-corrected chi connectivity index (χ0v) is 10.8. The molecule has 0 radical (unpaired) electrons. The van der Waals surface area contributed by atoms with E-state index < -0.39 is 0 Å². The average molecular weight is 252 g/mol. The van der Waals surface area contributed by atoms with Gasteiger partial charge in [0.1, 0.15) is 12.1 Å². The number of hydrogen-bond donors (Lipinski definition) is 0. The molecule has 3 fully saturated rings. The first-order chi connectivity index (χ1) is 8.70. The zero-order chi connectivity index (χ0) is 12.7. The van der Waals surface area contributed by atoms with Crippen LogP contribution < -0.4 is 0 Å². The topological polar surface area (TPSA) is 49.9 Å². The highest BCUT2D eigenvalue weighted by Gasteiger charge is 2.47. The minimum atomic E-state index is -0.321. The van der Waals surface area contributed by atoms with Crippen molar-refractivity contribution in [3.63, 3.8) is 0 Å². The van der Waals surface area contributed by atoms with Crippen molar-refractivity contribution in [3.8, 4) is 0 Å². The lowest BCUT2D eigenvalue weighted by atomic mass is 9.94. The first kappa shape index (κ1) is 12.0. The maximum atomic E-state index is 12.6. The molecule has 0 aromatic rings. The molecule has 0 bridgehead atoms. The van der Waals surface area contributed by atoms with E-state index in [0.717, 1.165) is 32.2 Å². The first-order valence-electron chi connectivity index (χ1n) is 6.90. The van der Waals surface area contributed by atoms with Crippen molar-refractivity contribution >= 4 is 11.8 Å².